The Kier molecular flexibility index (Phi) is 5.00. The number of hydrogen-bond acceptors (Lipinski definition) is 2. The molecule has 0 radical (unpaired) electrons. The molecule has 0 saturated carbocycles. The summed E-state index contributed by atoms with van der Waals surface area (Å²) in [6.45, 7) is 4.02. The molecule has 0 aliphatic rings. The molecule has 0 spiro atoms. The van der Waals surface area contributed by atoms with Crippen LogP contribution in [0, 0.1) is 5.92 Å². The predicted octanol–water partition coefficient (Wildman–Crippen LogP) is 1.30. The van der Waals surface area contributed by atoms with Crippen molar-refractivity contribution in [2.45, 2.75) is 26.7 Å². The van der Waals surface area contributed by atoms with Crippen LogP contribution in [0.3, 0.4) is 0 Å². The van der Waals surface area contributed by atoms with E-state index in [1.54, 1.807) is 0 Å². The lowest BCUT2D eigenvalue weighted by molar-refractivity contribution is 0.508. The van der Waals surface area contributed by atoms with Crippen LogP contribution in [0.1, 0.15) is 26.7 Å². The van der Waals surface area contributed by atoms with Gasteiger partial charge in [-0.2, -0.15) is 0 Å². The van der Waals surface area contributed by atoms with Gasteiger partial charge >= 0.3 is 0 Å². The maximum atomic E-state index is 10.1. The van der Waals surface area contributed by atoms with Gasteiger partial charge in [0.25, 0.3) is 0 Å². The fraction of sp³-hybridized carbons (Fsp3) is 1.00. The quantitative estimate of drug-likeness (QED) is 0.565. The van der Waals surface area contributed by atoms with Crippen molar-refractivity contribution in [2.24, 2.45) is 5.92 Å². The van der Waals surface area contributed by atoms with Crippen LogP contribution in [-0.4, -0.2) is 14.5 Å². The molecule has 3 heteroatoms. The monoisotopic (exact) mass is 149 g/mol. The average Bonchev–Trinajstić information content (AvgIpc) is 1.63. The van der Waals surface area contributed by atoms with Gasteiger partial charge in [0, 0.05) is 5.75 Å². The maximum Gasteiger partial charge on any atom is 0.0127 e. The lowest BCUT2D eigenvalue weighted by atomic mass is 10.1. The van der Waals surface area contributed by atoms with E-state index >= 15 is 0 Å². The molecule has 0 rings (SSSR count). The second-order valence-corrected chi connectivity index (χ2v) is 3.31. The van der Waals surface area contributed by atoms with E-state index in [1.165, 1.54) is 0 Å². The van der Waals surface area contributed by atoms with Crippen LogP contribution in [0.4, 0.5) is 0 Å². The van der Waals surface area contributed by atoms with Gasteiger partial charge in [0.05, 0.1) is 0 Å². The normalized spacial score (nSPS) is 17.2. The Bertz CT molecular complexity index is 93.1. The second kappa shape index (κ2) is 4.94. The Morgan fingerprint density at radius 1 is 1.67 bits per heavy atom. The highest BCUT2D eigenvalue weighted by molar-refractivity contribution is 7.79. The van der Waals surface area contributed by atoms with Crippen molar-refractivity contribution in [2.75, 3.05) is 5.75 Å². The fourth-order valence-corrected chi connectivity index (χ4v) is 1.44. The first-order valence-corrected chi connectivity index (χ1v) is 4.47. The van der Waals surface area contributed by atoms with E-state index in [-0.39, 0.29) is 0 Å². The van der Waals surface area contributed by atoms with Crippen molar-refractivity contribution >= 4 is 11.1 Å². The third-order valence-corrected chi connectivity index (χ3v) is 2.04. The molecule has 0 amide bonds. The summed E-state index contributed by atoms with van der Waals surface area (Å²) < 4.78 is 20.2. The molecule has 0 aliphatic heterocycles. The van der Waals surface area contributed by atoms with Crippen LogP contribution < -0.4 is 0 Å². The van der Waals surface area contributed by atoms with Gasteiger partial charge in [-0.1, -0.05) is 37.8 Å². The molecule has 0 bridgehead atoms. The minimum atomic E-state index is -1.85. The minimum Gasteiger partial charge on any atom is -0.772 e. The van der Waals surface area contributed by atoms with E-state index in [4.69, 9.17) is 0 Å². The van der Waals surface area contributed by atoms with Crippen LogP contribution in [0.15, 0.2) is 0 Å². The summed E-state index contributed by atoms with van der Waals surface area (Å²) in [7, 11) is 0. The molecular weight excluding hydrogens is 136 g/mol. The third kappa shape index (κ3) is 5.99. The first-order valence-electron chi connectivity index (χ1n) is 3.22. The number of hydrogen-bond donors (Lipinski definition) is 0. The van der Waals surface area contributed by atoms with Crippen LogP contribution in [0.2, 0.25) is 0 Å². The van der Waals surface area contributed by atoms with Crippen LogP contribution in [0.5, 0.6) is 0 Å². The molecule has 0 heterocycles. The highest BCUT2D eigenvalue weighted by Gasteiger charge is 1.98. The Morgan fingerprint density at radius 3 is 2.56 bits per heavy atom. The molecule has 9 heavy (non-hydrogen) atoms. The van der Waals surface area contributed by atoms with Crippen LogP contribution in [-0.2, 0) is 11.1 Å². The minimum absolute atomic E-state index is 0.313. The largest absolute Gasteiger partial charge is 0.772 e. The highest BCUT2D eigenvalue weighted by Crippen LogP contribution is 2.04. The smallest absolute Gasteiger partial charge is 0.0127 e. The molecule has 0 N–H and O–H groups in total. The first-order chi connectivity index (χ1) is 4.16. The van der Waals surface area contributed by atoms with Crippen LogP contribution in [0.25, 0.3) is 0 Å². The molecular formula is C6H13O2S-. The molecule has 2 atom stereocenters. The third-order valence-electron chi connectivity index (χ3n) is 1.20. The molecule has 0 aliphatic carbocycles. The molecule has 0 aromatic rings. The lowest BCUT2D eigenvalue weighted by Crippen LogP contribution is -2.06. The van der Waals surface area contributed by atoms with Crippen LogP contribution >= 0.6 is 0 Å². The van der Waals surface area contributed by atoms with E-state index in [0.29, 0.717) is 11.7 Å². The maximum absolute atomic E-state index is 10.1. The summed E-state index contributed by atoms with van der Waals surface area (Å²) in [5, 5.41) is 0. The van der Waals surface area contributed by atoms with Crippen molar-refractivity contribution in [3.05, 3.63) is 0 Å². The standard InChI is InChI=1S/C6H14O2S/c1-3-4-6(2)5-9(7)8/h6H,3-5H2,1-2H3,(H,7,8)/p-1. The summed E-state index contributed by atoms with van der Waals surface area (Å²) in [6, 6.07) is 0. The van der Waals surface area contributed by atoms with Gasteiger partial charge in [-0.05, 0) is 5.92 Å². The molecule has 2 nitrogen and oxygen atoms in total. The molecule has 56 valence electrons. The average molecular weight is 149 g/mol. The topological polar surface area (TPSA) is 40.1 Å². The Labute approximate surface area is 58.9 Å². The predicted molar refractivity (Wildman–Crippen MR) is 37.9 cm³/mol. The zero-order valence-electron chi connectivity index (χ0n) is 5.92. The van der Waals surface area contributed by atoms with Crippen molar-refractivity contribution in [3.63, 3.8) is 0 Å². The van der Waals surface area contributed by atoms with Gasteiger partial charge in [0.2, 0.25) is 0 Å². The molecule has 0 fully saturated rings. The summed E-state index contributed by atoms with van der Waals surface area (Å²) in [5.74, 6) is 0.640. The van der Waals surface area contributed by atoms with E-state index in [9.17, 15) is 8.76 Å². The van der Waals surface area contributed by atoms with E-state index in [2.05, 4.69) is 6.92 Å². The van der Waals surface area contributed by atoms with E-state index in [0.717, 1.165) is 12.8 Å². The SMILES string of the molecule is CCCC(C)CS(=O)[O-]. The molecule has 0 aromatic heterocycles. The van der Waals surface area contributed by atoms with Gasteiger partial charge in [0.15, 0.2) is 0 Å². The summed E-state index contributed by atoms with van der Waals surface area (Å²) in [5.41, 5.74) is 0. The molecule has 0 saturated heterocycles. The van der Waals surface area contributed by atoms with Crippen molar-refractivity contribution in [1.82, 2.24) is 0 Å². The first kappa shape index (κ1) is 9.11. The lowest BCUT2D eigenvalue weighted by Gasteiger charge is -2.10. The second-order valence-electron chi connectivity index (χ2n) is 2.36. The fourth-order valence-electron chi connectivity index (χ4n) is 0.808. The highest BCUT2D eigenvalue weighted by atomic mass is 32.2. The Hall–Kier alpha value is 0.110. The number of rotatable bonds is 4. The Morgan fingerprint density at radius 2 is 2.22 bits per heavy atom. The summed E-state index contributed by atoms with van der Waals surface area (Å²) in [6.07, 6.45) is 2.08. The molecule has 0 aromatic carbocycles. The zero-order chi connectivity index (χ0) is 7.28. The van der Waals surface area contributed by atoms with E-state index in [1.807, 2.05) is 6.92 Å². The zero-order valence-corrected chi connectivity index (χ0v) is 6.74. The Balaban J connectivity index is 3.26. The summed E-state index contributed by atoms with van der Waals surface area (Å²) >= 11 is -1.85. The van der Waals surface area contributed by atoms with Crippen molar-refractivity contribution < 1.29 is 8.76 Å². The van der Waals surface area contributed by atoms with Gasteiger partial charge < -0.3 is 4.55 Å². The van der Waals surface area contributed by atoms with Crippen molar-refractivity contribution in [1.29, 1.82) is 0 Å². The molecule has 2 unspecified atom stereocenters. The van der Waals surface area contributed by atoms with Gasteiger partial charge in [-0.15, -0.1) is 0 Å². The van der Waals surface area contributed by atoms with Crippen molar-refractivity contribution in [3.8, 4) is 0 Å². The van der Waals surface area contributed by atoms with Gasteiger partial charge in [0.1, 0.15) is 0 Å². The van der Waals surface area contributed by atoms with Gasteiger partial charge in [-0.3, -0.25) is 4.21 Å². The van der Waals surface area contributed by atoms with E-state index < -0.39 is 11.1 Å². The van der Waals surface area contributed by atoms with Gasteiger partial charge in [-0.25, -0.2) is 0 Å². The summed E-state index contributed by atoms with van der Waals surface area (Å²) in [4.78, 5) is 0.